The molecule has 1 atom stereocenters. The Bertz CT molecular complexity index is 448. The Kier molecular flexibility index (Phi) is 4.27. The molecule has 2 heterocycles. The van der Waals surface area contributed by atoms with E-state index < -0.39 is 0 Å². The molecule has 1 N–H and O–H groups in total. The van der Waals surface area contributed by atoms with Gasteiger partial charge in [0.1, 0.15) is 0 Å². The summed E-state index contributed by atoms with van der Waals surface area (Å²) in [6, 6.07) is 9.33. The van der Waals surface area contributed by atoms with Crippen molar-refractivity contribution in [2.75, 3.05) is 39.4 Å². The molecule has 0 bridgehead atoms. The van der Waals surface area contributed by atoms with Crippen molar-refractivity contribution in [3.63, 3.8) is 0 Å². The van der Waals surface area contributed by atoms with Gasteiger partial charge >= 0.3 is 5.97 Å². The summed E-state index contributed by atoms with van der Waals surface area (Å²) in [5, 5.41) is 1.85. The zero-order valence-electron chi connectivity index (χ0n) is 11.3. The van der Waals surface area contributed by atoms with Gasteiger partial charge in [-0.1, -0.05) is 35.9 Å². The van der Waals surface area contributed by atoms with Gasteiger partial charge in [0.15, 0.2) is 6.04 Å². The molecular weight excluding hydrogens is 258 g/mol. The first-order valence-electron chi connectivity index (χ1n) is 6.92. The number of nitrogens with one attached hydrogen (secondary N) is 1. The Morgan fingerprint density at radius 3 is 2.65 bits per heavy atom. The van der Waals surface area contributed by atoms with Crippen LogP contribution in [0.5, 0.6) is 0 Å². The Hall–Kier alpha value is -1.47. The number of ether oxygens (including phenoxy) is 1. The molecule has 2 aliphatic rings. The lowest BCUT2D eigenvalue weighted by atomic mass is 10.1. The number of carbonyl (C=O) groups is 1. The average Bonchev–Trinajstić information content (AvgIpc) is 2.88. The molecule has 3 rings (SSSR count). The molecule has 108 valence electrons. The molecule has 0 aromatic heterocycles. The van der Waals surface area contributed by atoms with Crippen molar-refractivity contribution < 1.29 is 14.4 Å². The van der Waals surface area contributed by atoms with Crippen LogP contribution in [0.1, 0.15) is 11.6 Å². The first-order chi connectivity index (χ1) is 9.84. The molecule has 2 fully saturated rings. The summed E-state index contributed by atoms with van der Waals surface area (Å²) in [4.78, 5) is 19.2. The predicted molar refractivity (Wildman–Crippen MR) is 72.4 cm³/mol. The predicted octanol–water partition coefficient (Wildman–Crippen LogP) is 0.338. The number of hydrogen-bond acceptors (Lipinski definition) is 6. The van der Waals surface area contributed by atoms with Gasteiger partial charge in [-0.25, -0.2) is 4.79 Å². The third-order valence-corrected chi connectivity index (χ3v) is 3.67. The topological polar surface area (TPSA) is 54.0 Å². The lowest BCUT2D eigenvalue weighted by molar-refractivity contribution is -0.144. The summed E-state index contributed by atoms with van der Waals surface area (Å²) in [6.07, 6.45) is 0. The lowest BCUT2D eigenvalue weighted by Gasteiger charge is -2.28. The van der Waals surface area contributed by atoms with Gasteiger partial charge < -0.3 is 9.57 Å². The molecule has 0 spiro atoms. The monoisotopic (exact) mass is 277 g/mol. The largest absolute Gasteiger partial charge is 0.379 e. The molecule has 6 nitrogen and oxygen atoms in total. The van der Waals surface area contributed by atoms with Crippen molar-refractivity contribution >= 4 is 5.97 Å². The molecule has 0 amide bonds. The van der Waals surface area contributed by atoms with Gasteiger partial charge in [-0.2, -0.15) is 5.01 Å². The van der Waals surface area contributed by atoms with E-state index >= 15 is 0 Å². The van der Waals surface area contributed by atoms with Crippen LogP contribution in [0.2, 0.25) is 0 Å². The van der Waals surface area contributed by atoms with E-state index in [0.29, 0.717) is 0 Å². The van der Waals surface area contributed by atoms with Crippen LogP contribution in [0.25, 0.3) is 0 Å². The first kappa shape index (κ1) is 13.5. The second kappa shape index (κ2) is 6.32. The number of hydrazine groups is 1. The van der Waals surface area contributed by atoms with Crippen molar-refractivity contribution in [2.24, 2.45) is 0 Å². The number of benzene rings is 1. The van der Waals surface area contributed by atoms with Crippen molar-refractivity contribution in [2.45, 2.75) is 6.04 Å². The molecule has 1 unspecified atom stereocenters. The number of hydrogen-bond donors (Lipinski definition) is 1. The van der Waals surface area contributed by atoms with Gasteiger partial charge in [0, 0.05) is 26.2 Å². The highest BCUT2D eigenvalue weighted by Crippen LogP contribution is 2.24. The Morgan fingerprint density at radius 2 is 1.90 bits per heavy atom. The fraction of sp³-hybridized carbons (Fsp3) is 0.500. The van der Waals surface area contributed by atoms with E-state index in [9.17, 15) is 4.79 Å². The maximum atomic E-state index is 11.9. The molecular formula is C14H19N3O3. The standard InChI is InChI=1S/C14H19N3O3/c18-14-13(12-4-2-1-3-5-12)17(15-20-14)7-6-16-8-10-19-11-9-16/h1-5,13,15H,6-11H2. The zero-order chi connectivity index (χ0) is 13.8. The van der Waals surface area contributed by atoms with Crippen LogP contribution >= 0.6 is 0 Å². The minimum Gasteiger partial charge on any atom is -0.379 e. The van der Waals surface area contributed by atoms with Crippen LogP contribution in [0.4, 0.5) is 0 Å². The SMILES string of the molecule is O=C1ONN(CCN2CCOCC2)C1c1ccccc1. The lowest BCUT2D eigenvalue weighted by Crippen LogP contribution is -2.43. The molecule has 0 radical (unpaired) electrons. The second-order valence-electron chi connectivity index (χ2n) is 4.97. The van der Waals surface area contributed by atoms with Gasteiger partial charge in [0.05, 0.1) is 13.2 Å². The minimum absolute atomic E-state index is 0.252. The van der Waals surface area contributed by atoms with Gasteiger partial charge in [0.25, 0.3) is 0 Å². The van der Waals surface area contributed by atoms with E-state index in [0.717, 1.165) is 45.0 Å². The highest BCUT2D eigenvalue weighted by atomic mass is 16.7. The zero-order valence-corrected chi connectivity index (χ0v) is 11.3. The number of morpholine rings is 1. The van der Waals surface area contributed by atoms with Gasteiger partial charge in [0.2, 0.25) is 0 Å². The van der Waals surface area contributed by atoms with Gasteiger partial charge in [-0.3, -0.25) is 4.90 Å². The van der Waals surface area contributed by atoms with E-state index in [2.05, 4.69) is 10.5 Å². The molecule has 1 aromatic rings. The van der Waals surface area contributed by atoms with Crippen LogP contribution in [0, 0.1) is 0 Å². The molecule has 2 aliphatic heterocycles. The second-order valence-corrected chi connectivity index (χ2v) is 4.97. The van der Waals surface area contributed by atoms with Crippen molar-refractivity contribution in [1.29, 1.82) is 0 Å². The van der Waals surface area contributed by atoms with Gasteiger partial charge in [-0.15, -0.1) is 0 Å². The highest BCUT2D eigenvalue weighted by molar-refractivity contribution is 5.78. The van der Waals surface area contributed by atoms with Crippen molar-refractivity contribution in [3.05, 3.63) is 35.9 Å². The number of carbonyl (C=O) groups excluding carboxylic acids is 1. The number of rotatable bonds is 4. The quantitative estimate of drug-likeness (QED) is 0.856. The fourth-order valence-electron chi connectivity index (χ4n) is 2.54. The smallest absolute Gasteiger partial charge is 0.349 e. The third-order valence-electron chi connectivity index (χ3n) is 3.67. The van der Waals surface area contributed by atoms with E-state index in [1.165, 1.54) is 0 Å². The average molecular weight is 277 g/mol. The Labute approximate surface area is 118 Å². The minimum atomic E-state index is -0.364. The van der Waals surface area contributed by atoms with Crippen LogP contribution in [0.15, 0.2) is 30.3 Å². The molecule has 0 saturated carbocycles. The molecule has 0 aliphatic carbocycles. The van der Waals surface area contributed by atoms with Crippen LogP contribution in [0.3, 0.4) is 0 Å². The van der Waals surface area contributed by atoms with E-state index in [4.69, 9.17) is 9.57 Å². The number of nitrogens with zero attached hydrogens (tertiary/aromatic N) is 2. The Balaban J connectivity index is 1.61. The van der Waals surface area contributed by atoms with Gasteiger partial charge in [-0.05, 0) is 5.56 Å². The molecule has 20 heavy (non-hydrogen) atoms. The van der Waals surface area contributed by atoms with Crippen LogP contribution < -0.4 is 5.59 Å². The summed E-state index contributed by atoms with van der Waals surface area (Å²) >= 11 is 0. The normalized spacial score (nSPS) is 24.8. The molecule has 1 aromatic carbocycles. The summed E-state index contributed by atoms with van der Waals surface area (Å²) in [6.45, 7) is 5.06. The molecule has 2 saturated heterocycles. The third kappa shape index (κ3) is 2.99. The highest BCUT2D eigenvalue weighted by Gasteiger charge is 2.36. The van der Waals surface area contributed by atoms with E-state index in [1.807, 2.05) is 35.3 Å². The van der Waals surface area contributed by atoms with Crippen molar-refractivity contribution in [1.82, 2.24) is 15.5 Å². The maximum absolute atomic E-state index is 11.9. The Morgan fingerprint density at radius 1 is 1.15 bits per heavy atom. The summed E-state index contributed by atoms with van der Waals surface area (Å²) < 4.78 is 5.33. The molecule has 6 heteroatoms. The van der Waals surface area contributed by atoms with E-state index in [-0.39, 0.29) is 12.0 Å². The van der Waals surface area contributed by atoms with Crippen LogP contribution in [-0.4, -0.2) is 55.3 Å². The fourth-order valence-corrected chi connectivity index (χ4v) is 2.54. The summed E-state index contributed by atoms with van der Waals surface area (Å²) in [7, 11) is 0. The van der Waals surface area contributed by atoms with Crippen LogP contribution in [-0.2, 0) is 14.4 Å². The summed E-state index contributed by atoms with van der Waals surface area (Å²) in [5.41, 5.74) is 3.67. The maximum Gasteiger partial charge on any atom is 0.349 e. The first-order valence-corrected chi connectivity index (χ1v) is 6.92. The van der Waals surface area contributed by atoms with E-state index in [1.54, 1.807) is 0 Å². The van der Waals surface area contributed by atoms with Crippen molar-refractivity contribution in [3.8, 4) is 0 Å². The summed E-state index contributed by atoms with van der Waals surface area (Å²) in [5.74, 6) is -0.252.